The van der Waals surface area contributed by atoms with E-state index in [9.17, 15) is 43.7 Å². The lowest BCUT2D eigenvalue weighted by atomic mass is 9.96. The molecule has 1 aliphatic heterocycles. The van der Waals surface area contributed by atoms with Crippen LogP contribution in [-0.2, 0) is 47.2 Å². The van der Waals surface area contributed by atoms with Gasteiger partial charge in [-0.25, -0.2) is 4.57 Å². The Morgan fingerprint density at radius 1 is 0.459 bits per heavy atom. The lowest BCUT2D eigenvalue weighted by Gasteiger charge is -2.43. The largest absolute Gasteiger partial charge is 0.470 e. The third kappa shape index (κ3) is 49.3. The summed E-state index contributed by atoms with van der Waals surface area (Å²) in [5.41, 5.74) is 0. The molecule has 0 aromatic carbocycles. The highest BCUT2D eigenvalue weighted by molar-refractivity contribution is 7.46. The Hall–Kier alpha value is -2.17. The van der Waals surface area contributed by atoms with Crippen molar-refractivity contribution in [3.8, 4) is 0 Å². The Kier molecular flexibility index (Phi) is 56.7. The second-order valence-corrected chi connectivity index (χ2v) is 25.6. The van der Waals surface area contributed by atoms with E-state index < -0.39 is 87.5 Å². The fourth-order valence-corrected chi connectivity index (χ4v) is 11.9. The van der Waals surface area contributed by atoms with Crippen molar-refractivity contribution in [2.24, 2.45) is 0 Å². The van der Waals surface area contributed by atoms with Crippen molar-refractivity contribution in [3.05, 3.63) is 0 Å². The molecule has 5 N–H and O–H groups in total. The predicted octanol–water partition coefficient (Wildman–Crippen LogP) is 16.8. The number of hydrogen-bond donors (Lipinski definition) is 5. The van der Waals surface area contributed by atoms with Crippen LogP contribution in [0.2, 0.25) is 0 Å². The number of esters is 3. The Morgan fingerprint density at radius 3 is 1.08 bits per heavy atom. The number of carbonyl (C=O) groups is 4. The first-order valence-corrected chi connectivity index (χ1v) is 36.9. The number of carbonyl (C=O) groups excluding carboxylic acids is 4. The molecule has 0 aromatic heterocycles. The fourth-order valence-electron chi connectivity index (χ4n) is 11.3. The van der Waals surface area contributed by atoms with Crippen molar-refractivity contribution in [1.29, 1.82) is 0 Å². The summed E-state index contributed by atoms with van der Waals surface area (Å²) in [6.07, 6.45) is 36.2. The van der Waals surface area contributed by atoms with E-state index in [1.165, 1.54) is 161 Å². The molecule has 1 rings (SSSR count). The van der Waals surface area contributed by atoms with Crippen LogP contribution in [0.15, 0.2) is 0 Å². The number of aliphatic hydroxyl groups excluding tert-OH is 2. The topological polar surface area (TPSA) is 228 Å². The number of ether oxygens (including phenoxy) is 4. The van der Waals surface area contributed by atoms with E-state index in [1.807, 2.05) is 0 Å². The second-order valence-electron chi connectivity index (χ2n) is 24.4. The third-order valence-electron chi connectivity index (χ3n) is 16.7. The molecule has 0 spiro atoms. The first-order valence-electron chi connectivity index (χ1n) is 35.4. The maximum atomic E-state index is 14.0. The molecule has 7 atom stereocenters. The third-order valence-corrected chi connectivity index (χ3v) is 17.2. The zero-order valence-corrected chi connectivity index (χ0v) is 56.6. The van der Waals surface area contributed by atoms with Crippen molar-refractivity contribution in [2.75, 3.05) is 26.2 Å². The van der Waals surface area contributed by atoms with Gasteiger partial charge in [0.15, 0.2) is 12.4 Å². The SMILES string of the molecule is CCCCCCCCCCCCCC(=O)O[C@H](CCCCCCCCCCC)CC(=O)N[C@@H]1[C@@H](OC(=O)C[C@@H](CCCCCCCCCCC)OC(=O)CCCCCCCCCCCCC)[C@H](OP(=O)(O)O)[C@@H](CO)O[C@H]1O.CCN(CC)CC. The predicted molar refractivity (Wildman–Crippen MR) is 345 cm³/mol. The summed E-state index contributed by atoms with van der Waals surface area (Å²) in [5.74, 6) is -2.44. The highest BCUT2D eigenvalue weighted by Gasteiger charge is 2.51. The maximum absolute atomic E-state index is 14.0. The molecule has 0 bridgehead atoms. The lowest BCUT2D eigenvalue weighted by Crippen LogP contribution is -2.65. The van der Waals surface area contributed by atoms with Crippen LogP contribution in [0.3, 0.4) is 0 Å². The Labute approximate surface area is 519 Å². The molecule has 0 aromatic rings. The monoisotopic (exact) mass is 1230 g/mol. The van der Waals surface area contributed by atoms with Crippen LogP contribution < -0.4 is 5.32 Å². The van der Waals surface area contributed by atoms with Crippen LogP contribution in [0, 0.1) is 0 Å². The van der Waals surface area contributed by atoms with E-state index >= 15 is 0 Å². The van der Waals surface area contributed by atoms with Crippen molar-refractivity contribution >= 4 is 31.6 Å². The molecule has 17 heteroatoms. The van der Waals surface area contributed by atoms with Crippen LogP contribution in [0.4, 0.5) is 0 Å². The van der Waals surface area contributed by atoms with Crippen LogP contribution in [0.1, 0.15) is 344 Å². The second kappa shape index (κ2) is 58.2. The molecule has 1 saturated heterocycles. The maximum Gasteiger partial charge on any atom is 0.470 e. The molecule has 1 heterocycles. The number of unbranched alkanes of at least 4 members (excludes halogenated alkanes) is 36. The van der Waals surface area contributed by atoms with E-state index in [0.717, 1.165) is 89.9 Å². The van der Waals surface area contributed by atoms with E-state index in [0.29, 0.717) is 38.5 Å². The van der Waals surface area contributed by atoms with Gasteiger partial charge in [0.05, 0.1) is 19.4 Å². The normalized spacial score (nSPS) is 17.7. The van der Waals surface area contributed by atoms with E-state index in [4.69, 9.17) is 23.5 Å². The Balaban J connectivity index is 0.00000942. The molecule has 0 radical (unpaired) electrons. The number of hydrogen-bond acceptors (Lipinski definition) is 13. The highest BCUT2D eigenvalue weighted by Crippen LogP contribution is 2.42. The molecule has 1 fully saturated rings. The Morgan fingerprint density at radius 2 is 0.776 bits per heavy atom. The van der Waals surface area contributed by atoms with E-state index in [-0.39, 0.29) is 19.3 Å². The van der Waals surface area contributed by atoms with Gasteiger partial charge in [0.25, 0.3) is 0 Å². The minimum atomic E-state index is -5.35. The van der Waals surface area contributed by atoms with Gasteiger partial charge in [-0.1, -0.05) is 280 Å². The quantitative estimate of drug-likeness (QED) is 0.0165. The molecular formula is C68H133N2O14P. The summed E-state index contributed by atoms with van der Waals surface area (Å²) in [5, 5.41) is 24.2. The first-order chi connectivity index (χ1) is 41.1. The number of nitrogens with zero attached hydrogens (tertiary/aromatic N) is 1. The van der Waals surface area contributed by atoms with Crippen LogP contribution in [-0.4, -0.2) is 118 Å². The molecule has 504 valence electrons. The van der Waals surface area contributed by atoms with Crippen molar-refractivity contribution in [2.45, 2.75) is 387 Å². The smallest absolute Gasteiger partial charge is 0.462 e. The van der Waals surface area contributed by atoms with Gasteiger partial charge in [-0.05, 0) is 58.2 Å². The van der Waals surface area contributed by atoms with Crippen molar-refractivity contribution in [1.82, 2.24) is 10.2 Å². The Bertz CT molecular complexity index is 1600. The number of rotatable bonds is 58. The fraction of sp³-hybridized carbons (Fsp3) is 0.941. The van der Waals surface area contributed by atoms with Gasteiger partial charge < -0.3 is 49.2 Å². The first kappa shape index (κ1) is 82.8. The summed E-state index contributed by atoms with van der Waals surface area (Å²) >= 11 is 0. The molecule has 16 nitrogen and oxygen atoms in total. The van der Waals surface area contributed by atoms with Gasteiger partial charge in [-0.15, -0.1) is 0 Å². The number of aliphatic hydroxyl groups is 2. The molecule has 0 saturated carbocycles. The molecule has 1 amide bonds. The molecule has 85 heavy (non-hydrogen) atoms. The van der Waals surface area contributed by atoms with Crippen LogP contribution in [0.25, 0.3) is 0 Å². The van der Waals surface area contributed by atoms with Gasteiger partial charge in [0, 0.05) is 12.8 Å². The van der Waals surface area contributed by atoms with Gasteiger partial charge in [0.2, 0.25) is 5.91 Å². The molecule has 0 unspecified atom stereocenters. The number of amides is 1. The van der Waals surface area contributed by atoms with Crippen molar-refractivity contribution < 1.29 is 67.2 Å². The lowest BCUT2D eigenvalue weighted by molar-refractivity contribution is -0.256. The zero-order chi connectivity index (χ0) is 63.0. The standard InChI is InChI=1S/C62H118NO14P.C6H15N/c1-5-9-13-17-21-25-27-31-35-39-43-47-56(66)73-52(45-41-37-33-29-23-19-15-11-7-3)49-55(65)63-59-61(60(77-78(70,71)72)54(51-64)75-62(59)69)76-58(68)50-53(46-42-38-34-30-24-20-16-12-8-4)74-57(67)48-44-40-36-32-28-26-22-18-14-10-6-2;1-4-7(5-2)6-3/h52-54,59-62,64,69H,5-51H2,1-4H3,(H,63,65)(H2,70,71,72);4-6H2,1-3H3/t52-,53-,54-,59-,60-,61-,62-;/m1./s1. The number of phosphoric ester groups is 1. The summed E-state index contributed by atoms with van der Waals surface area (Å²) in [6.45, 7) is 18.1. The average molecular weight is 1230 g/mol. The van der Waals surface area contributed by atoms with Crippen LogP contribution >= 0.6 is 7.82 Å². The number of nitrogens with one attached hydrogen (secondary N) is 1. The van der Waals surface area contributed by atoms with E-state index in [2.05, 4.69) is 58.7 Å². The van der Waals surface area contributed by atoms with E-state index in [1.54, 1.807) is 0 Å². The zero-order valence-electron chi connectivity index (χ0n) is 55.7. The minimum Gasteiger partial charge on any atom is -0.462 e. The van der Waals surface area contributed by atoms with Crippen LogP contribution in [0.5, 0.6) is 0 Å². The molecule has 0 aliphatic carbocycles. The van der Waals surface area contributed by atoms with Gasteiger partial charge in [0.1, 0.15) is 30.5 Å². The van der Waals surface area contributed by atoms with Gasteiger partial charge in [-0.3, -0.25) is 23.7 Å². The van der Waals surface area contributed by atoms with Gasteiger partial charge >= 0.3 is 25.7 Å². The highest BCUT2D eigenvalue weighted by atomic mass is 31.2. The molecular weight excluding hydrogens is 1100 g/mol. The van der Waals surface area contributed by atoms with Crippen molar-refractivity contribution in [3.63, 3.8) is 0 Å². The van der Waals surface area contributed by atoms with Gasteiger partial charge in [-0.2, -0.15) is 0 Å². The average Bonchev–Trinajstić information content (AvgIpc) is 2.56. The molecule has 1 aliphatic rings. The summed E-state index contributed by atoms with van der Waals surface area (Å²) in [7, 11) is -5.35. The summed E-state index contributed by atoms with van der Waals surface area (Å²) in [6, 6.07) is -1.62. The summed E-state index contributed by atoms with van der Waals surface area (Å²) in [4.78, 5) is 76.9. The number of phosphoric acid groups is 1. The minimum absolute atomic E-state index is 0.200. The summed E-state index contributed by atoms with van der Waals surface area (Å²) < 4.78 is 40.8.